The molecule has 6 nitrogen and oxygen atoms in total. The molecule has 0 fully saturated rings. The summed E-state index contributed by atoms with van der Waals surface area (Å²) in [5, 5.41) is 10.6. The molecule has 0 saturated carbocycles. The van der Waals surface area contributed by atoms with Crippen LogP contribution in [0.4, 0.5) is 11.4 Å². The highest BCUT2D eigenvalue weighted by molar-refractivity contribution is 14.2. The van der Waals surface area contributed by atoms with Crippen LogP contribution in [-0.4, -0.2) is 20.5 Å². The summed E-state index contributed by atoms with van der Waals surface area (Å²) < 4.78 is 7.56. The van der Waals surface area contributed by atoms with Crippen molar-refractivity contribution in [3.8, 4) is 0 Å². The van der Waals surface area contributed by atoms with E-state index in [-0.39, 0.29) is 18.4 Å². The molecule has 0 saturated heterocycles. The fourth-order valence-electron chi connectivity index (χ4n) is 11.3. The summed E-state index contributed by atoms with van der Waals surface area (Å²) in [7, 11) is 0. The van der Waals surface area contributed by atoms with Gasteiger partial charge in [-0.3, -0.25) is 8.11 Å². The number of aromatic nitrogens is 1. The van der Waals surface area contributed by atoms with Crippen molar-refractivity contribution in [2.75, 3.05) is 8.01 Å². The lowest BCUT2D eigenvalue weighted by Crippen LogP contribution is -2.37. The Morgan fingerprint density at radius 2 is 1.56 bits per heavy atom. The second kappa shape index (κ2) is 17.2. The summed E-state index contributed by atoms with van der Waals surface area (Å²) in [4.78, 5) is 8.10. The third-order valence-corrected chi connectivity index (χ3v) is 16.7. The van der Waals surface area contributed by atoms with Crippen molar-refractivity contribution >= 4 is 76.0 Å². The molecule has 3 aliphatic heterocycles. The van der Waals surface area contributed by atoms with Crippen LogP contribution in [-0.2, 0) is 6.42 Å². The van der Waals surface area contributed by atoms with Crippen LogP contribution in [0.2, 0.25) is 0 Å². The Labute approximate surface area is 408 Å². The van der Waals surface area contributed by atoms with Crippen LogP contribution >= 0.6 is 21.0 Å². The number of halogens is 1. The molecule has 68 heavy (non-hydrogen) atoms. The number of amidine groups is 1. The van der Waals surface area contributed by atoms with E-state index in [0.29, 0.717) is 5.92 Å². The van der Waals surface area contributed by atoms with E-state index in [4.69, 9.17) is 10.3 Å². The third kappa shape index (κ3) is 7.01. The van der Waals surface area contributed by atoms with Gasteiger partial charge in [0.2, 0.25) is 0 Å². The highest BCUT2D eigenvalue weighted by Crippen LogP contribution is 2.49. The van der Waals surface area contributed by atoms with Gasteiger partial charge in [-0.2, -0.15) is 0 Å². The molecule has 0 radical (unpaired) electrons. The van der Waals surface area contributed by atoms with Crippen molar-refractivity contribution in [2.45, 2.75) is 50.5 Å². The number of aliphatic imine (C=N–C) groups is 1. The first-order chi connectivity index (χ1) is 33.7. The molecule has 0 amide bonds. The number of fused-ring (bicyclic) bond motifs is 6. The molecule has 1 aromatic heterocycles. The zero-order valence-electron chi connectivity index (χ0n) is 37.7. The van der Waals surface area contributed by atoms with Crippen LogP contribution in [0.15, 0.2) is 222 Å². The molecule has 4 heterocycles. The average Bonchev–Trinajstić information content (AvgIpc) is 4.10. The maximum absolute atomic E-state index is 5.55. The van der Waals surface area contributed by atoms with Gasteiger partial charge in [-0.05, 0) is 130 Å². The molecule has 4 aliphatic carbocycles. The lowest BCUT2D eigenvalue weighted by atomic mass is 9.83. The number of para-hydroxylation sites is 2. The first-order valence-electron chi connectivity index (χ1n) is 23.9. The number of benzene rings is 5. The van der Waals surface area contributed by atoms with Crippen LogP contribution in [0, 0.1) is 5.92 Å². The summed E-state index contributed by atoms with van der Waals surface area (Å²) in [5.41, 5.74) is 19.8. The smallest absolute Gasteiger partial charge is 0.124 e. The molecule has 7 aliphatic rings. The van der Waals surface area contributed by atoms with Gasteiger partial charge >= 0.3 is 0 Å². The molecule has 0 spiro atoms. The van der Waals surface area contributed by atoms with Crippen molar-refractivity contribution in [2.24, 2.45) is 10.9 Å². The molecule has 7 heteroatoms. The molecule has 4 unspecified atom stereocenters. The Kier molecular flexibility index (Phi) is 10.4. The Morgan fingerprint density at radius 3 is 2.41 bits per heavy atom. The predicted octanol–water partition coefficient (Wildman–Crippen LogP) is 14.7. The van der Waals surface area contributed by atoms with Gasteiger partial charge in [-0.15, -0.1) is 0 Å². The van der Waals surface area contributed by atoms with Crippen LogP contribution < -0.4 is 13.3 Å². The minimum Gasteiger partial charge on any atom is -0.613 e. The van der Waals surface area contributed by atoms with Gasteiger partial charge in [-0.1, -0.05) is 158 Å². The lowest BCUT2D eigenvalue weighted by molar-refractivity contribution is 0.627. The zero-order valence-corrected chi connectivity index (χ0v) is 39.9. The number of hydrogen-bond donors (Lipinski definition) is 1. The van der Waals surface area contributed by atoms with Crippen molar-refractivity contribution in [3.05, 3.63) is 256 Å². The van der Waals surface area contributed by atoms with Gasteiger partial charge in [0.15, 0.2) is 0 Å². The summed E-state index contributed by atoms with van der Waals surface area (Å²) in [6.07, 6.45) is 27.8. The fourth-order valence-corrected chi connectivity index (χ4v) is 13.6. The van der Waals surface area contributed by atoms with Crippen LogP contribution in [0.25, 0.3) is 39.1 Å². The minimum atomic E-state index is -0.673. The van der Waals surface area contributed by atoms with E-state index in [2.05, 4.69) is 223 Å². The number of allylic oxidation sites excluding steroid dienone is 10. The Balaban J connectivity index is 0.965. The molecule has 5 aromatic carbocycles. The topological polar surface area (TPSA) is 49.9 Å². The van der Waals surface area contributed by atoms with E-state index in [0.717, 1.165) is 60.2 Å². The number of rotatable bonds is 7. The molecular weight excluding hydrogens is 944 g/mol. The number of hydrogen-bond acceptors (Lipinski definition) is 4. The van der Waals surface area contributed by atoms with E-state index >= 15 is 0 Å². The Hall–Kier alpha value is -7.07. The minimum absolute atomic E-state index is 0.264. The summed E-state index contributed by atoms with van der Waals surface area (Å²) >= 11 is -0.673. The molecule has 4 atom stereocenters. The van der Waals surface area contributed by atoms with E-state index in [1.165, 1.54) is 67.3 Å². The largest absolute Gasteiger partial charge is 0.613 e. The fraction of sp³-hybridized carbons (Fsp3) is 0.148. The van der Waals surface area contributed by atoms with Crippen LogP contribution in [0.3, 0.4) is 0 Å². The SMILES string of the molecule is C=C1C=CC=IN(C2=C(C3=NC(c4ccccc4)[N-]C(c4ccccc4)N3)CCC=C2n2c3c(c4cc(C5=CC6C7=C(C=CCC7)N(c7ccccc7)C6C=C5)ccc42)CC=C3)c2ccccc21. The zero-order chi connectivity index (χ0) is 45.1. The maximum Gasteiger partial charge on any atom is 0.124 e. The van der Waals surface area contributed by atoms with Gasteiger partial charge in [0.25, 0.3) is 0 Å². The van der Waals surface area contributed by atoms with Crippen molar-refractivity contribution in [1.29, 1.82) is 0 Å². The normalized spacial score (nSPS) is 22.7. The summed E-state index contributed by atoms with van der Waals surface area (Å²) in [6, 6.07) is 48.4. The summed E-state index contributed by atoms with van der Waals surface area (Å²) in [5.74, 6) is 1.24. The second-order valence-electron chi connectivity index (χ2n) is 18.3. The van der Waals surface area contributed by atoms with Gasteiger partial charge < -0.3 is 20.1 Å². The molecule has 13 rings (SSSR count). The molecule has 6 aromatic rings. The Morgan fingerprint density at radius 1 is 0.765 bits per heavy atom. The Bertz CT molecular complexity index is 3360. The molecule has 1 N–H and O–H groups in total. The molecule has 0 bridgehead atoms. The second-order valence-corrected chi connectivity index (χ2v) is 20.6. The van der Waals surface area contributed by atoms with E-state index < -0.39 is 21.0 Å². The first kappa shape index (κ1) is 41.1. The first-order valence-corrected chi connectivity index (χ1v) is 26.2. The van der Waals surface area contributed by atoms with Crippen LogP contribution in [0.1, 0.15) is 71.5 Å². The van der Waals surface area contributed by atoms with Gasteiger partial charge in [-0.25, -0.2) is 0 Å². The van der Waals surface area contributed by atoms with Gasteiger partial charge in [0.05, 0.1) is 34.3 Å². The lowest BCUT2D eigenvalue weighted by Gasteiger charge is -2.45. The van der Waals surface area contributed by atoms with Gasteiger partial charge in [0.1, 0.15) is 5.84 Å². The number of nitrogens with zero attached hydrogens (tertiary/aromatic N) is 5. The highest BCUT2D eigenvalue weighted by Gasteiger charge is 2.40. The summed E-state index contributed by atoms with van der Waals surface area (Å²) in [6.45, 7) is 4.56. The van der Waals surface area contributed by atoms with Crippen LogP contribution in [0.5, 0.6) is 0 Å². The molecule has 332 valence electrons. The maximum atomic E-state index is 5.55. The third-order valence-electron chi connectivity index (χ3n) is 14.4. The van der Waals surface area contributed by atoms with Gasteiger partial charge in [0, 0.05) is 54.8 Å². The standard InChI is InChI=1S/C61H50IN6/c1-40-18-17-37-62-68(56-30-14-11-25-46(40)56)58-49(61-64-59(41-19-5-2-6-20-41)63-60(65-61)42-21-7-3-8-22-42)28-16-32-57(58)67-53-31-15-27-48(53)51-39-44(34-36-55(51)67)43-33-35-54-50(38-43)47-26-12-13-29-52(47)66(54)45-23-9-4-10-24-45/h2-11,13-15,17-25,29-39,50,54,59-60H,1,12,16,26-28H2,(H,64,65)/q-1. The van der Waals surface area contributed by atoms with E-state index in [9.17, 15) is 0 Å². The van der Waals surface area contributed by atoms with Crippen molar-refractivity contribution in [3.63, 3.8) is 0 Å². The van der Waals surface area contributed by atoms with Crippen molar-refractivity contribution < 1.29 is 0 Å². The predicted molar refractivity (Wildman–Crippen MR) is 293 cm³/mol. The average molecular weight is 994 g/mol. The monoisotopic (exact) mass is 993 g/mol. The van der Waals surface area contributed by atoms with Crippen molar-refractivity contribution in [1.82, 2.24) is 9.88 Å². The number of nitrogens with one attached hydrogen (secondary N) is 1. The molecular formula is C61H50IN6-. The quantitative estimate of drug-likeness (QED) is 0.128. The number of anilines is 2. The highest BCUT2D eigenvalue weighted by atomic mass is 127. The van der Waals surface area contributed by atoms with E-state index in [1.54, 1.807) is 5.57 Å². The van der Waals surface area contributed by atoms with E-state index in [1.807, 2.05) is 0 Å².